The van der Waals surface area contributed by atoms with Gasteiger partial charge in [0.25, 0.3) is 0 Å². The predicted molar refractivity (Wildman–Crippen MR) is 116 cm³/mol. The van der Waals surface area contributed by atoms with Crippen molar-refractivity contribution in [2.75, 3.05) is 12.8 Å². The second-order valence-corrected chi connectivity index (χ2v) is 9.47. The van der Waals surface area contributed by atoms with Crippen molar-refractivity contribution in [3.8, 4) is 0 Å². The standard InChI is InChI=1S/C25H25O2P/c1-2-27-24(26)28-19-18-23(20-12-6-3-7-13-20)25(28,21-14-8-4-9-15-21)22-16-10-5-11-17-22/h3-17,23H,2,18-19H2,1H3. The zero-order chi connectivity index (χ0) is 19.4. The molecule has 142 valence electrons. The van der Waals surface area contributed by atoms with Gasteiger partial charge in [-0.05, 0) is 36.2 Å². The molecule has 1 fully saturated rings. The van der Waals surface area contributed by atoms with E-state index in [1.165, 1.54) is 16.7 Å². The first-order chi connectivity index (χ1) is 13.8. The van der Waals surface area contributed by atoms with Crippen molar-refractivity contribution in [2.45, 2.75) is 24.4 Å². The van der Waals surface area contributed by atoms with Crippen molar-refractivity contribution in [3.05, 3.63) is 108 Å². The minimum absolute atomic E-state index is 0.0244. The van der Waals surface area contributed by atoms with Gasteiger partial charge in [0.1, 0.15) is 0 Å². The van der Waals surface area contributed by atoms with E-state index in [1.807, 2.05) is 19.1 Å². The van der Waals surface area contributed by atoms with Gasteiger partial charge in [-0.15, -0.1) is 0 Å². The van der Waals surface area contributed by atoms with Crippen LogP contribution in [0.4, 0.5) is 4.79 Å². The highest BCUT2D eigenvalue weighted by Gasteiger charge is 2.56. The number of carbonyl (C=O) groups is 1. The Labute approximate surface area is 168 Å². The summed E-state index contributed by atoms with van der Waals surface area (Å²) in [7, 11) is -1.04. The highest BCUT2D eigenvalue weighted by molar-refractivity contribution is 7.75. The van der Waals surface area contributed by atoms with Crippen LogP contribution in [-0.4, -0.2) is 18.5 Å². The maximum Gasteiger partial charge on any atom is 0.327 e. The molecule has 4 rings (SSSR count). The molecule has 0 bridgehead atoms. The molecule has 1 aliphatic rings. The fraction of sp³-hybridized carbons (Fsp3) is 0.240. The van der Waals surface area contributed by atoms with Crippen molar-refractivity contribution in [1.29, 1.82) is 0 Å². The molecule has 1 aliphatic heterocycles. The average molecular weight is 388 g/mol. The topological polar surface area (TPSA) is 26.3 Å². The Morgan fingerprint density at radius 3 is 1.89 bits per heavy atom. The van der Waals surface area contributed by atoms with E-state index in [-0.39, 0.29) is 16.8 Å². The smallest absolute Gasteiger partial charge is 0.327 e. The zero-order valence-corrected chi connectivity index (χ0v) is 17.0. The number of benzene rings is 3. The van der Waals surface area contributed by atoms with Crippen LogP contribution in [0.15, 0.2) is 91.0 Å². The molecule has 0 aliphatic carbocycles. The van der Waals surface area contributed by atoms with Crippen LogP contribution in [0.2, 0.25) is 0 Å². The van der Waals surface area contributed by atoms with E-state index in [2.05, 4.69) is 78.9 Å². The summed E-state index contributed by atoms with van der Waals surface area (Å²) in [5.41, 5.74) is 3.70. The second kappa shape index (κ2) is 8.29. The third-order valence-electron chi connectivity index (χ3n) is 5.69. The minimum atomic E-state index is -1.04. The Kier molecular flexibility index (Phi) is 5.59. The summed E-state index contributed by atoms with van der Waals surface area (Å²) in [6, 6.07) is 31.8. The summed E-state index contributed by atoms with van der Waals surface area (Å²) < 4.78 is 5.60. The lowest BCUT2D eigenvalue weighted by molar-refractivity contribution is 0.179. The van der Waals surface area contributed by atoms with Gasteiger partial charge in [-0.3, -0.25) is 0 Å². The maximum absolute atomic E-state index is 13.2. The molecule has 0 radical (unpaired) electrons. The van der Waals surface area contributed by atoms with Crippen LogP contribution >= 0.6 is 7.92 Å². The highest BCUT2D eigenvalue weighted by Crippen LogP contribution is 2.72. The van der Waals surface area contributed by atoms with E-state index in [9.17, 15) is 4.79 Å². The Morgan fingerprint density at radius 1 is 0.893 bits per heavy atom. The van der Waals surface area contributed by atoms with Gasteiger partial charge in [-0.2, -0.15) is 0 Å². The third-order valence-corrected chi connectivity index (χ3v) is 8.64. The average Bonchev–Trinajstić information content (AvgIpc) is 3.17. The zero-order valence-electron chi connectivity index (χ0n) is 16.1. The van der Waals surface area contributed by atoms with Crippen LogP contribution in [0, 0.1) is 0 Å². The van der Waals surface area contributed by atoms with Gasteiger partial charge in [0, 0.05) is 13.8 Å². The summed E-state index contributed by atoms with van der Waals surface area (Å²) in [5.74, 6) is 0.244. The summed E-state index contributed by atoms with van der Waals surface area (Å²) in [6.45, 7) is 2.32. The molecule has 2 atom stereocenters. The molecular weight excluding hydrogens is 363 g/mol. The first-order valence-corrected chi connectivity index (χ1v) is 11.4. The Morgan fingerprint density at radius 2 is 1.39 bits per heavy atom. The molecule has 0 amide bonds. The van der Waals surface area contributed by atoms with Crippen molar-refractivity contribution < 1.29 is 9.53 Å². The molecule has 1 heterocycles. The lowest BCUT2D eigenvalue weighted by Gasteiger charge is -2.41. The normalized spacial score (nSPS) is 20.6. The van der Waals surface area contributed by atoms with E-state index in [0.717, 1.165) is 12.6 Å². The maximum atomic E-state index is 13.2. The van der Waals surface area contributed by atoms with Gasteiger partial charge in [0.05, 0.1) is 11.8 Å². The minimum Gasteiger partial charge on any atom is -0.463 e. The molecule has 2 unspecified atom stereocenters. The highest BCUT2D eigenvalue weighted by atomic mass is 31.1. The Bertz CT molecular complexity index is 870. The number of hydrogen-bond acceptors (Lipinski definition) is 2. The quantitative estimate of drug-likeness (QED) is 0.452. The van der Waals surface area contributed by atoms with Gasteiger partial charge in [0.15, 0.2) is 0 Å². The van der Waals surface area contributed by atoms with E-state index < -0.39 is 7.92 Å². The number of rotatable bonds is 5. The van der Waals surface area contributed by atoms with E-state index >= 15 is 0 Å². The van der Waals surface area contributed by atoms with Crippen LogP contribution in [-0.2, 0) is 9.89 Å². The summed E-state index contributed by atoms with van der Waals surface area (Å²) >= 11 is 0. The van der Waals surface area contributed by atoms with Gasteiger partial charge in [0.2, 0.25) is 0 Å². The van der Waals surface area contributed by atoms with E-state index in [4.69, 9.17) is 4.74 Å². The van der Waals surface area contributed by atoms with Gasteiger partial charge < -0.3 is 4.74 Å². The van der Waals surface area contributed by atoms with E-state index in [1.54, 1.807) is 0 Å². The Hall–Kier alpha value is -2.44. The largest absolute Gasteiger partial charge is 0.463 e. The molecular formula is C25H25O2P. The molecule has 28 heavy (non-hydrogen) atoms. The SMILES string of the molecule is CCOC(=O)P1CCC(c2ccccc2)C1(c1ccccc1)c1ccccc1. The molecule has 0 N–H and O–H groups in total. The third kappa shape index (κ3) is 3.16. The molecule has 2 nitrogen and oxygen atoms in total. The lowest BCUT2D eigenvalue weighted by Crippen LogP contribution is -2.31. The fourth-order valence-corrected chi connectivity index (χ4v) is 7.83. The van der Waals surface area contributed by atoms with Crippen molar-refractivity contribution in [1.82, 2.24) is 0 Å². The van der Waals surface area contributed by atoms with Gasteiger partial charge >= 0.3 is 5.71 Å². The number of carbonyl (C=O) groups excluding carboxylic acids is 1. The summed E-state index contributed by atoms with van der Waals surface area (Å²) in [4.78, 5) is 13.2. The molecule has 0 aromatic heterocycles. The monoisotopic (exact) mass is 388 g/mol. The fourth-order valence-electron chi connectivity index (χ4n) is 4.63. The van der Waals surface area contributed by atoms with Crippen molar-refractivity contribution in [3.63, 3.8) is 0 Å². The van der Waals surface area contributed by atoms with Gasteiger partial charge in [-0.1, -0.05) is 91.0 Å². The van der Waals surface area contributed by atoms with Crippen LogP contribution < -0.4 is 0 Å². The van der Waals surface area contributed by atoms with Crippen LogP contribution in [0.25, 0.3) is 0 Å². The second-order valence-electron chi connectivity index (χ2n) is 7.10. The molecule has 3 aromatic carbocycles. The lowest BCUT2D eigenvalue weighted by atomic mass is 9.75. The van der Waals surface area contributed by atoms with Crippen molar-refractivity contribution in [2.24, 2.45) is 0 Å². The summed E-state index contributed by atoms with van der Waals surface area (Å²) in [5, 5.41) is -0.370. The first kappa shape index (κ1) is 18.9. The Balaban J connectivity index is 1.99. The molecule has 3 aromatic rings. The summed E-state index contributed by atoms with van der Waals surface area (Å²) in [6.07, 6.45) is 1.87. The molecule has 0 saturated carbocycles. The number of ether oxygens (including phenoxy) is 1. The van der Waals surface area contributed by atoms with Gasteiger partial charge in [-0.25, -0.2) is 4.79 Å². The van der Waals surface area contributed by atoms with E-state index in [0.29, 0.717) is 6.61 Å². The molecule has 0 spiro atoms. The van der Waals surface area contributed by atoms with Crippen LogP contribution in [0.1, 0.15) is 36.0 Å². The van der Waals surface area contributed by atoms with Crippen LogP contribution in [0.3, 0.4) is 0 Å². The number of hydrogen-bond donors (Lipinski definition) is 0. The van der Waals surface area contributed by atoms with Crippen molar-refractivity contribution >= 4 is 13.6 Å². The molecule has 3 heteroatoms. The molecule has 1 saturated heterocycles. The van der Waals surface area contributed by atoms with Crippen LogP contribution in [0.5, 0.6) is 0 Å². The predicted octanol–water partition coefficient (Wildman–Crippen LogP) is 6.76. The first-order valence-electron chi connectivity index (χ1n) is 9.89.